The normalized spacial score (nSPS) is 19.2. The van der Waals surface area contributed by atoms with Gasteiger partial charge in [0.15, 0.2) is 0 Å². The first-order valence-corrected chi connectivity index (χ1v) is 10.0. The maximum absolute atomic E-state index is 12.9. The van der Waals surface area contributed by atoms with E-state index in [0.29, 0.717) is 12.6 Å². The number of nitrogens with zero attached hydrogens (tertiary/aromatic N) is 4. The van der Waals surface area contributed by atoms with Gasteiger partial charge in [-0.05, 0) is 43.9 Å². The van der Waals surface area contributed by atoms with E-state index in [1.54, 1.807) is 22.6 Å². The van der Waals surface area contributed by atoms with Crippen molar-refractivity contribution in [2.24, 2.45) is 0 Å². The van der Waals surface area contributed by atoms with Crippen LogP contribution in [0, 0.1) is 0 Å². The van der Waals surface area contributed by atoms with Gasteiger partial charge in [0, 0.05) is 24.6 Å². The Hall–Kier alpha value is -1.73. The average Bonchev–Trinajstić information content (AvgIpc) is 3.10. The molecule has 2 heterocycles. The number of hydrogen-bond acceptors (Lipinski definition) is 4. The highest BCUT2D eigenvalue weighted by Crippen LogP contribution is 2.33. The van der Waals surface area contributed by atoms with E-state index >= 15 is 0 Å². The summed E-state index contributed by atoms with van der Waals surface area (Å²) in [6.45, 7) is 0.335. The molecule has 2 aliphatic carbocycles. The predicted molar refractivity (Wildman–Crippen MR) is 89.7 cm³/mol. The number of sulfonamides is 1. The Morgan fingerprint density at radius 2 is 1.96 bits per heavy atom. The van der Waals surface area contributed by atoms with Crippen LogP contribution in [0.3, 0.4) is 0 Å². The second-order valence-electron chi connectivity index (χ2n) is 6.70. The minimum atomic E-state index is -3.52. The van der Waals surface area contributed by atoms with Crippen LogP contribution in [0.25, 0.3) is 0 Å². The van der Waals surface area contributed by atoms with E-state index in [0.717, 1.165) is 18.5 Å². The van der Waals surface area contributed by atoms with Crippen LogP contribution < -0.4 is 0 Å². The van der Waals surface area contributed by atoms with Crippen LogP contribution >= 0.6 is 0 Å². The zero-order valence-electron chi connectivity index (χ0n) is 13.6. The summed E-state index contributed by atoms with van der Waals surface area (Å²) >= 11 is 0. The van der Waals surface area contributed by atoms with E-state index in [2.05, 4.69) is 10.1 Å². The molecule has 128 valence electrons. The van der Waals surface area contributed by atoms with Crippen molar-refractivity contribution in [2.45, 2.75) is 62.0 Å². The largest absolute Gasteiger partial charge is 0.269 e. The van der Waals surface area contributed by atoms with Crippen LogP contribution in [0.2, 0.25) is 0 Å². The fraction of sp³-hybridized carbons (Fsp3) is 0.529. The van der Waals surface area contributed by atoms with Crippen molar-refractivity contribution >= 4 is 10.0 Å². The van der Waals surface area contributed by atoms with Crippen molar-refractivity contribution in [1.82, 2.24) is 19.1 Å². The smallest absolute Gasteiger partial charge is 0.245 e. The first-order valence-electron chi connectivity index (χ1n) is 8.60. The molecule has 2 aliphatic rings. The van der Waals surface area contributed by atoms with E-state index in [9.17, 15) is 8.42 Å². The summed E-state index contributed by atoms with van der Waals surface area (Å²) in [5, 5.41) is 4.64. The SMILES string of the molecule is O=S(=O)(c1cccnc1)N(Cc1ccn(C2CCCC2)n1)C1CC1. The molecule has 0 aliphatic heterocycles. The monoisotopic (exact) mass is 346 g/mol. The van der Waals surface area contributed by atoms with Gasteiger partial charge in [0.05, 0.1) is 18.3 Å². The van der Waals surface area contributed by atoms with Crippen LogP contribution in [0.1, 0.15) is 50.3 Å². The quantitative estimate of drug-likeness (QED) is 0.806. The van der Waals surface area contributed by atoms with Crippen LogP contribution in [-0.2, 0) is 16.6 Å². The summed E-state index contributed by atoms with van der Waals surface area (Å²) in [6.07, 6.45) is 11.7. The zero-order chi connectivity index (χ0) is 16.6. The Balaban J connectivity index is 1.56. The van der Waals surface area contributed by atoms with Crippen molar-refractivity contribution < 1.29 is 8.42 Å². The van der Waals surface area contributed by atoms with Gasteiger partial charge in [-0.3, -0.25) is 9.67 Å². The van der Waals surface area contributed by atoms with Crippen molar-refractivity contribution in [2.75, 3.05) is 0 Å². The Bertz CT molecular complexity index is 793. The van der Waals surface area contributed by atoms with E-state index in [1.807, 2.05) is 16.9 Å². The van der Waals surface area contributed by atoms with Crippen molar-refractivity contribution in [3.8, 4) is 0 Å². The van der Waals surface area contributed by atoms with E-state index < -0.39 is 10.0 Å². The van der Waals surface area contributed by atoms with Crippen LogP contribution in [0.15, 0.2) is 41.7 Å². The molecule has 0 atom stereocenters. The lowest BCUT2D eigenvalue weighted by atomic mass is 10.3. The highest BCUT2D eigenvalue weighted by atomic mass is 32.2. The summed E-state index contributed by atoms with van der Waals surface area (Å²) in [6, 6.07) is 5.78. The van der Waals surface area contributed by atoms with Gasteiger partial charge in [-0.2, -0.15) is 9.40 Å². The van der Waals surface area contributed by atoms with E-state index in [1.165, 1.54) is 31.9 Å². The lowest BCUT2D eigenvalue weighted by molar-refractivity contribution is 0.387. The van der Waals surface area contributed by atoms with E-state index in [4.69, 9.17) is 0 Å². The van der Waals surface area contributed by atoms with Gasteiger partial charge in [-0.25, -0.2) is 8.42 Å². The summed E-state index contributed by atoms with van der Waals surface area (Å²) in [5.41, 5.74) is 0.821. The Morgan fingerprint density at radius 3 is 2.62 bits per heavy atom. The molecule has 0 spiro atoms. The maximum atomic E-state index is 12.9. The lowest BCUT2D eigenvalue weighted by Crippen LogP contribution is -2.33. The van der Waals surface area contributed by atoms with Gasteiger partial charge in [-0.15, -0.1) is 0 Å². The van der Waals surface area contributed by atoms with Gasteiger partial charge < -0.3 is 0 Å². The summed E-state index contributed by atoms with van der Waals surface area (Å²) in [7, 11) is -3.52. The third-order valence-electron chi connectivity index (χ3n) is 4.88. The molecule has 6 nitrogen and oxygen atoms in total. The summed E-state index contributed by atoms with van der Waals surface area (Å²) < 4.78 is 29.5. The van der Waals surface area contributed by atoms with Crippen molar-refractivity contribution in [1.29, 1.82) is 0 Å². The van der Waals surface area contributed by atoms with Crippen molar-refractivity contribution in [3.63, 3.8) is 0 Å². The van der Waals surface area contributed by atoms with Gasteiger partial charge in [0.1, 0.15) is 4.90 Å². The highest BCUT2D eigenvalue weighted by Gasteiger charge is 2.38. The van der Waals surface area contributed by atoms with Crippen LogP contribution in [0.4, 0.5) is 0 Å². The Kier molecular flexibility index (Phi) is 4.14. The Morgan fingerprint density at radius 1 is 1.17 bits per heavy atom. The first kappa shape index (κ1) is 15.8. The molecule has 2 aromatic rings. The molecule has 0 amide bonds. The number of rotatable bonds is 6. The van der Waals surface area contributed by atoms with E-state index in [-0.39, 0.29) is 10.9 Å². The molecular formula is C17H22N4O2S. The molecule has 0 bridgehead atoms. The molecule has 2 saturated carbocycles. The zero-order valence-corrected chi connectivity index (χ0v) is 14.4. The molecule has 0 N–H and O–H groups in total. The maximum Gasteiger partial charge on any atom is 0.245 e. The minimum absolute atomic E-state index is 0.0897. The molecule has 24 heavy (non-hydrogen) atoms. The molecule has 2 fully saturated rings. The molecule has 0 unspecified atom stereocenters. The molecular weight excluding hydrogens is 324 g/mol. The van der Waals surface area contributed by atoms with Crippen LogP contribution in [-0.4, -0.2) is 33.5 Å². The van der Waals surface area contributed by atoms with Gasteiger partial charge in [0.2, 0.25) is 10.0 Å². The second-order valence-corrected chi connectivity index (χ2v) is 8.59. The van der Waals surface area contributed by atoms with Gasteiger partial charge in [-0.1, -0.05) is 12.8 Å². The first-order chi connectivity index (χ1) is 11.6. The second kappa shape index (κ2) is 6.29. The van der Waals surface area contributed by atoms with Gasteiger partial charge >= 0.3 is 0 Å². The fourth-order valence-corrected chi connectivity index (χ4v) is 5.02. The number of aromatic nitrogens is 3. The number of pyridine rings is 1. The van der Waals surface area contributed by atoms with Gasteiger partial charge in [0.25, 0.3) is 0 Å². The number of hydrogen-bond donors (Lipinski definition) is 0. The van der Waals surface area contributed by atoms with Crippen molar-refractivity contribution in [3.05, 3.63) is 42.5 Å². The molecule has 2 aromatic heterocycles. The third kappa shape index (κ3) is 3.10. The topological polar surface area (TPSA) is 68.1 Å². The third-order valence-corrected chi connectivity index (χ3v) is 6.76. The predicted octanol–water partition coefficient (Wildman–Crippen LogP) is 2.75. The summed E-state index contributed by atoms with van der Waals surface area (Å²) in [4.78, 5) is 4.21. The lowest BCUT2D eigenvalue weighted by Gasteiger charge is -2.20. The minimum Gasteiger partial charge on any atom is -0.269 e. The summed E-state index contributed by atoms with van der Waals surface area (Å²) in [5.74, 6) is 0. The average molecular weight is 346 g/mol. The fourth-order valence-electron chi connectivity index (χ4n) is 3.40. The molecule has 0 aromatic carbocycles. The highest BCUT2D eigenvalue weighted by molar-refractivity contribution is 7.89. The molecule has 7 heteroatoms. The van der Waals surface area contributed by atoms with Crippen LogP contribution in [0.5, 0.6) is 0 Å². The molecule has 0 radical (unpaired) electrons. The Labute approximate surface area is 142 Å². The molecule has 0 saturated heterocycles. The standard InChI is InChI=1S/C17H22N4O2S/c22-24(23,17-6-3-10-18-12-17)21(16-7-8-16)13-14-9-11-20(19-14)15-4-1-2-5-15/h3,6,9-12,15-16H,1-2,4-5,7-8,13H2. The molecule has 4 rings (SSSR count).